The lowest BCUT2D eigenvalue weighted by atomic mass is 9.94. The summed E-state index contributed by atoms with van der Waals surface area (Å²) in [7, 11) is 0. The van der Waals surface area contributed by atoms with Crippen molar-refractivity contribution in [2.24, 2.45) is 11.5 Å². The highest BCUT2D eigenvalue weighted by molar-refractivity contribution is 6.10. The number of benzene rings is 1. The molecule has 142 valence electrons. The van der Waals surface area contributed by atoms with Crippen LogP contribution in [0.25, 0.3) is 0 Å². The average molecular weight is 363 g/mol. The van der Waals surface area contributed by atoms with Crippen molar-refractivity contribution in [3.8, 4) is 0 Å². The quantitative estimate of drug-likeness (QED) is 0.400. The van der Waals surface area contributed by atoms with Gasteiger partial charge in [0.2, 0.25) is 11.8 Å². The Morgan fingerprint density at radius 3 is 2.35 bits per heavy atom. The summed E-state index contributed by atoms with van der Waals surface area (Å²) in [6.45, 7) is 2.95. The SMILES string of the molecule is CCC(=O)[C@@](C)(N)C(=O)N[C@H](CCC(=O)OCc1ccccc1)C(N)=O. The predicted octanol–water partition coefficient (Wildman–Crippen LogP) is 0.177. The molecular formula is C18H25N3O5. The monoisotopic (exact) mass is 363 g/mol. The number of ether oxygens (including phenoxy) is 1. The van der Waals surface area contributed by atoms with Crippen LogP contribution in [0.5, 0.6) is 0 Å². The number of amides is 2. The maximum absolute atomic E-state index is 12.2. The van der Waals surface area contributed by atoms with E-state index in [2.05, 4.69) is 5.32 Å². The van der Waals surface area contributed by atoms with E-state index in [1.165, 1.54) is 6.92 Å². The number of hydrogen-bond acceptors (Lipinski definition) is 6. The fourth-order valence-corrected chi connectivity index (χ4v) is 2.16. The lowest BCUT2D eigenvalue weighted by molar-refractivity contribution is -0.146. The van der Waals surface area contributed by atoms with Gasteiger partial charge in [-0.3, -0.25) is 19.2 Å². The van der Waals surface area contributed by atoms with E-state index in [-0.39, 0.29) is 25.9 Å². The van der Waals surface area contributed by atoms with Crippen LogP contribution >= 0.6 is 0 Å². The molecule has 8 nitrogen and oxygen atoms in total. The predicted molar refractivity (Wildman–Crippen MR) is 94.5 cm³/mol. The number of Topliss-reactive ketones (excluding diaryl/α,β-unsaturated/α-hetero) is 1. The molecule has 0 heterocycles. The third kappa shape index (κ3) is 6.29. The normalized spacial score (nSPS) is 14.0. The van der Waals surface area contributed by atoms with Crippen molar-refractivity contribution in [2.45, 2.75) is 51.3 Å². The first kappa shape index (κ1) is 21.3. The largest absolute Gasteiger partial charge is 0.461 e. The second kappa shape index (κ2) is 9.67. The first-order chi connectivity index (χ1) is 12.2. The Labute approximate surface area is 152 Å². The first-order valence-corrected chi connectivity index (χ1v) is 8.30. The molecule has 0 spiro atoms. The van der Waals surface area contributed by atoms with Gasteiger partial charge in [-0.15, -0.1) is 0 Å². The molecule has 0 aliphatic rings. The topological polar surface area (TPSA) is 142 Å². The van der Waals surface area contributed by atoms with Gasteiger partial charge in [-0.1, -0.05) is 37.3 Å². The number of hydrogen-bond donors (Lipinski definition) is 3. The number of carbonyl (C=O) groups is 4. The summed E-state index contributed by atoms with van der Waals surface area (Å²) in [4.78, 5) is 47.2. The zero-order valence-electron chi connectivity index (χ0n) is 15.0. The van der Waals surface area contributed by atoms with Gasteiger partial charge in [0.15, 0.2) is 11.3 Å². The fourth-order valence-electron chi connectivity index (χ4n) is 2.16. The number of nitrogens with one attached hydrogen (secondary N) is 1. The highest BCUT2D eigenvalue weighted by Crippen LogP contribution is 2.08. The molecule has 0 unspecified atom stereocenters. The van der Waals surface area contributed by atoms with E-state index in [0.29, 0.717) is 0 Å². The maximum Gasteiger partial charge on any atom is 0.306 e. The highest BCUT2D eigenvalue weighted by Gasteiger charge is 2.37. The van der Waals surface area contributed by atoms with Crippen LogP contribution in [-0.2, 0) is 30.5 Å². The first-order valence-electron chi connectivity index (χ1n) is 8.30. The maximum atomic E-state index is 12.2. The summed E-state index contributed by atoms with van der Waals surface area (Å²) < 4.78 is 5.10. The van der Waals surface area contributed by atoms with Gasteiger partial charge in [0.05, 0.1) is 0 Å². The summed E-state index contributed by atoms with van der Waals surface area (Å²) in [5, 5.41) is 2.33. The van der Waals surface area contributed by atoms with Crippen LogP contribution in [0.4, 0.5) is 0 Å². The number of esters is 1. The van der Waals surface area contributed by atoms with E-state index in [1.807, 2.05) is 30.3 Å². The van der Waals surface area contributed by atoms with Crippen LogP contribution in [0, 0.1) is 0 Å². The van der Waals surface area contributed by atoms with Crippen molar-refractivity contribution < 1.29 is 23.9 Å². The van der Waals surface area contributed by atoms with Crippen molar-refractivity contribution in [2.75, 3.05) is 0 Å². The van der Waals surface area contributed by atoms with Gasteiger partial charge in [0.1, 0.15) is 12.6 Å². The van der Waals surface area contributed by atoms with Crippen LogP contribution in [0.15, 0.2) is 30.3 Å². The van der Waals surface area contributed by atoms with Gasteiger partial charge >= 0.3 is 5.97 Å². The number of ketones is 1. The van der Waals surface area contributed by atoms with Crippen molar-refractivity contribution in [3.63, 3.8) is 0 Å². The Kier molecular flexibility index (Phi) is 7.92. The standard InChI is InChI=1S/C18H25N3O5/c1-3-14(22)18(2,20)17(25)21-13(16(19)24)9-10-15(23)26-11-12-7-5-4-6-8-12/h4-8,13H,3,9-11,20H2,1-2H3,(H2,19,24)(H,21,25)/t13-,18-/m1/s1. The molecule has 2 atom stereocenters. The summed E-state index contributed by atoms with van der Waals surface area (Å²) in [5.41, 5.74) is 10.0. The summed E-state index contributed by atoms with van der Waals surface area (Å²) in [6.07, 6.45) is -0.0949. The molecule has 1 aromatic carbocycles. The van der Waals surface area contributed by atoms with Crippen molar-refractivity contribution in [3.05, 3.63) is 35.9 Å². The van der Waals surface area contributed by atoms with Gasteiger partial charge in [0.25, 0.3) is 0 Å². The van der Waals surface area contributed by atoms with E-state index in [9.17, 15) is 19.2 Å². The van der Waals surface area contributed by atoms with E-state index < -0.39 is 35.1 Å². The minimum atomic E-state index is -1.77. The van der Waals surface area contributed by atoms with Crippen LogP contribution in [-0.4, -0.2) is 35.1 Å². The molecule has 0 saturated heterocycles. The van der Waals surface area contributed by atoms with Crippen LogP contribution in [0.1, 0.15) is 38.7 Å². The van der Waals surface area contributed by atoms with E-state index in [4.69, 9.17) is 16.2 Å². The molecule has 5 N–H and O–H groups in total. The van der Waals surface area contributed by atoms with Gasteiger partial charge < -0.3 is 21.5 Å². The Hall–Kier alpha value is -2.74. The number of rotatable bonds is 10. The van der Waals surface area contributed by atoms with Crippen molar-refractivity contribution >= 4 is 23.6 Å². The third-order valence-corrected chi connectivity index (χ3v) is 3.90. The highest BCUT2D eigenvalue weighted by atomic mass is 16.5. The second-order valence-electron chi connectivity index (χ2n) is 6.09. The smallest absolute Gasteiger partial charge is 0.306 e. The molecule has 0 bridgehead atoms. The van der Waals surface area contributed by atoms with E-state index in [1.54, 1.807) is 6.92 Å². The molecule has 2 amide bonds. The molecule has 8 heteroatoms. The Morgan fingerprint density at radius 2 is 1.81 bits per heavy atom. The minimum absolute atomic E-state index is 0.0505. The molecule has 0 saturated carbocycles. The average Bonchev–Trinajstić information content (AvgIpc) is 2.62. The van der Waals surface area contributed by atoms with Gasteiger partial charge in [0, 0.05) is 12.8 Å². The zero-order chi connectivity index (χ0) is 19.7. The lowest BCUT2D eigenvalue weighted by Gasteiger charge is -2.24. The van der Waals surface area contributed by atoms with Gasteiger partial charge in [-0.2, -0.15) is 0 Å². The van der Waals surface area contributed by atoms with Crippen LogP contribution < -0.4 is 16.8 Å². The van der Waals surface area contributed by atoms with E-state index in [0.717, 1.165) is 5.56 Å². The Balaban J connectivity index is 2.55. The Morgan fingerprint density at radius 1 is 1.19 bits per heavy atom. The summed E-state index contributed by atoms with van der Waals surface area (Å²) in [6, 6.07) is 7.99. The molecule has 1 rings (SSSR count). The lowest BCUT2D eigenvalue weighted by Crippen LogP contribution is -2.60. The second-order valence-corrected chi connectivity index (χ2v) is 6.09. The zero-order valence-corrected chi connectivity index (χ0v) is 15.0. The molecule has 0 aliphatic carbocycles. The van der Waals surface area contributed by atoms with Crippen LogP contribution in [0.3, 0.4) is 0 Å². The Bertz CT molecular complexity index is 658. The fraction of sp³-hybridized carbons (Fsp3) is 0.444. The molecule has 0 radical (unpaired) electrons. The molecule has 1 aromatic rings. The van der Waals surface area contributed by atoms with Crippen molar-refractivity contribution in [1.29, 1.82) is 0 Å². The minimum Gasteiger partial charge on any atom is -0.461 e. The molecule has 0 fully saturated rings. The molecule has 0 aromatic heterocycles. The van der Waals surface area contributed by atoms with Crippen molar-refractivity contribution in [1.82, 2.24) is 5.32 Å². The molecular weight excluding hydrogens is 338 g/mol. The van der Waals surface area contributed by atoms with E-state index >= 15 is 0 Å². The summed E-state index contributed by atoms with van der Waals surface area (Å²) >= 11 is 0. The molecule has 26 heavy (non-hydrogen) atoms. The van der Waals surface area contributed by atoms with Crippen LogP contribution in [0.2, 0.25) is 0 Å². The van der Waals surface area contributed by atoms with Gasteiger partial charge in [-0.25, -0.2) is 0 Å². The number of nitrogens with two attached hydrogens (primary N) is 2. The summed E-state index contributed by atoms with van der Waals surface area (Å²) in [5.74, 6) is -2.64. The van der Waals surface area contributed by atoms with Gasteiger partial charge in [-0.05, 0) is 18.9 Å². The molecule has 0 aliphatic heterocycles. The number of carbonyl (C=O) groups excluding carboxylic acids is 4. The number of primary amides is 1. The third-order valence-electron chi connectivity index (χ3n) is 3.90.